The van der Waals surface area contributed by atoms with Crippen molar-refractivity contribution >= 4 is 31.6 Å². The highest BCUT2D eigenvalue weighted by molar-refractivity contribution is 9.10. The second-order valence-electron chi connectivity index (χ2n) is 3.97. The summed E-state index contributed by atoms with van der Waals surface area (Å²) in [4.78, 5) is 0.186. The third-order valence-corrected chi connectivity index (χ3v) is 4.94. The van der Waals surface area contributed by atoms with Crippen molar-refractivity contribution in [3.05, 3.63) is 53.0 Å². The van der Waals surface area contributed by atoms with E-state index in [-0.39, 0.29) is 4.90 Å². The quantitative estimate of drug-likeness (QED) is 0.890. The summed E-state index contributed by atoms with van der Waals surface area (Å²) in [5.41, 5.74) is 0.421. The van der Waals surface area contributed by atoms with Gasteiger partial charge >= 0.3 is 0 Å². The Bertz CT molecular complexity index is 701. The molecule has 0 amide bonds. The first-order chi connectivity index (χ1) is 9.54. The maximum atomic E-state index is 12.4. The predicted molar refractivity (Wildman–Crippen MR) is 82.6 cm³/mol. The molecule has 0 aliphatic rings. The largest absolute Gasteiger partial charge is 0.492 e. The second kappa shape index (κ2) is 6.28. The first kappa shape index (κ1) is 14.9. The number of anilines is 1. The zero-order chi connectivity index (χ0) is 14.6. The number of hydrogen-bond acceptors (Lipinski definition) is 3. The van der Waals surface area contributed by atoms with E-state index in [9.17, 15) is 8.42 Å². The fourth-order valence-corrected chi connectivity index (χ4v) is 3.77. The number of para-hydroxylation sites is 2. The van der Waals surface area contributed by atoms with Gasteiger partial charge in [-0.2, -0.15) is 0 Å². The van der Waals surface area contributed by atoms with Crippen LogP contribution < -0.4 is 9.46 Å². The summed E-state index contributed by atoms with van der Waals surface area (Å²) in [6.45, 7) is 2.31. The lowest BCUT2D eigenvalue weighted by Crippen LogP contribution is -2.14. The lowest BCUT2D eigenvalue weighted by Gasteiger charge is -2.13. The van der Waals surface area contributed by atoms with E-state index < -0.39 is 10.0 Å². The normalized spacial score (nSPS) is 11.1. The molecule has 0 spiro atoms. The first-order valence-corrected chi connectivity index (χ1v) is 8.31. The van der Waals surface area contributed by atoms with E-state index >= 15 is 0 Å². The molecule has 0 atom stereocenters. The van der Waals surface area contributed by atoms with E-state index in [1.807, 2.05) is 6.92 Å². The van der Waals surface area contributed by atoms with Crippen LogP contribution in [-0.2, 0) is 10.0 Å². The molecule has 0 fully saturated rings. The van der Waals surface area contributed by atoms with Crippen LogP contribution in [0.3, 0.4) is 0 Å². The molecular weight excluding hydrogens is 342 g/mol. The zero-order valence-electron chi connectivity index (χ0n) is 10.8. The van der Waals surface area contributed by atoms with Crippen LogP contribution in [0.15, 0.2) is 57.9 Å². The van der Waals surface area contributed by atoms with Gasteiger partial charge in [-0.3, -0.25) is 4.72 Å². The van der Waals surface area contributed by atoms with Gasteiger partial charge < -0.3 is 4.74 Å². The number of ether oxygens (including phenoxy) is 1. The lowest BCUT2D eigenvalue weighted by atomic mass is 10.3. The molecule has 2 rings (SSSR count). The molecule has 0 radical (unpaired) electrons. The molecule has 4 nitrogen and oxygen atoms in total. The molecule has 0 saturated carbocycles. The smallest absolute Gasteiger partial charge is 0.263 e. The maximum Gasteiger partial charge on any atom is 0.263 e. The van der Waals surface area contributed by atoms with Crippen LogP contribution in [0.2, 0.25) is 0 Å². The summed E-state index contributed by atoms with van der Waals surface area (Å²) in [7, 11) is -3.66. The molecule has 0 aliphatic heterocycles. The van der Waals surface area contributed by atoms with Crippen LogP contribution in [-0.4, -0.2) is 15.0 Å². The number of benzene rings is 2. The van der Waals surface area contributed by atoms with Crippen LogP contribution >= 0.6 is 15.9 Å². The fraction of sp³-hybridized carbons (Fsp3) is 0.143. The van der Waals surface area contributed by atoms with Crippen LogP contribution in [0.25, 0.3) is 0 Å². The molecular formula is C14H14BrNO3S. The van der Waals surface area contributed by atoms with Crippen molar-refractivity contribution in [3.8, 4) is 5.75 Å². The van der Waals surface area contributed by atoms with Gasteiger partial charge in [-0.25, -0.2) is 8.42 Å². The summed E-state index contributed by atoms with van der Waals surface area (Å²) < 4.78 is 33.2. The lowest BCUT2D eigenvalue weighted by molar-refractivity contribution is 0.342. The van der Waals surface area contributed by atoms with Crippen molar-refractivity contribution in [1.29, 1.82) is 0 Å². The van der Waals surface area contributed by atoms with Gasteiger partial charge in [0.1, 0.15) is 10.6 Å². The van der Waals surface area contributed by atoms with Crippen LogP contribution in [0.4, 0.5) is 5.69 Å². The number of halogens is 1. The van der Waals surface area contributed by atoms with Crippen LogP contribution in [0, 0.1) is 0 Å². The average molecular weight is 356 g/mol. The maximum absolute atomic E-state index is 12.4. The van der Waals surface area contributed by atoms with Gasteiger partial charge in [0.2, 0.25) is 0 Å². The van der Waals surface area contributed by atoms with Crippen molar-refractivity contribution in [2.45, 2.75) is 11.8 Å². The highest BCUT2D eigenvalue weighted by atomic mass is 79.9. The standard InChI is InChI=1S/C14H14BrNO3S/c1-2-19-13-9-5-4-8-12(13)16-20(17,18)14-10-6-3-7-11(14)15/h3-10,16H,2H2,1H3. The van der Waals surface area contributed by atoms with Crippen molar-refractivity contribution in [2.75, 3.05) is 11.3 Å². The van der Waals surface area contributed by atoms with E-state index in [1.54, 1.807) is 42.5 Å². The van der Waals surface area contributed by atoms with Gasteiger partial charge in [0.25, 0.3) is 10.0 Å². The summed E-state index contributed by atoms with van der Waals surface area (Å²) in [6, 6.07) is 13.6. The van der Waals surface area contributed by atoms with Crippen molar-refractivity contribution < 1.29 is 13.2 Å². The molecule has 20 heavy (non-hydrogen) atoms. The molecule has 0 saturated heterocycles. The molecule has 1 N–H and O–H groups in total. The Balaban J connectivity index is 2.37. The Kier molecular flexibility index (Phi) is 4.67. The Labute approximate surface area is 127 Å². The molecule has 0 aromatic heterocycles. The van der Waals surface area contributed by atoms with E-state index in [2.05, 4.69) is 20.7 Å². The van der Waals surface area contributed by atoms with E-state index in [4.69, 9.17) is 4.74 Å². The molecule has 0 aliphatic carbocycles. The van der Waals surface area contributed by atoms with E-state index in [0.717, 1.165) is 0 Å². The number of nitrogens with one attached hydrogen (secondary N) is 1. The minimum absolute atomic E-state index is 0.186. The average Bonchev–Trinajstić information content (AvgIpc) is 2.41. The molecule has 0 bridgehead atoms. The summed E-state index contributed by atoms with van der Waals surface area (Å²) in [5, 5.41) is 0. The van der Waals surface area contributed by atoms with Crippen molar-refractivity contribution in [3.63, 3.8) is 0 Å². The summed E-state index contributed by atoms with van der Waals surface area (Å²) in [5.74, 6) is 0.505. The van der Waals surface area contributed by atoms with Crippen molar-refractivity contribution in [2.24, 2.45) is 0 Å². The van der Waals surface area contributed by atoms with Crippen LogP contribution in [0.1, 0.15) is 6.92 Å². The number of rotatable bonds is 5. The molecule has 6 heteroatoms. The van der Waals surface area contributed by atoms with Gasteiger partial charge in [0.15, 0.2) is 0 Å². The summed E-state index contributed by atoms with van der Waals surface area (Å²) >= 11 is 3.24. The molecule has 0 unspecified atom stereocenters. The summed E-state index contributed by atoms with van der Waals surface area (Å²) in [6.07, 6.45) is 0. The van der Waals surface area contributed by atoms with E-state index in [0.29, 0.717) is 22.5 Å². The topological polar surface area (TPSA) is 55.4 Å². The van der Waals surface area contributed by atoms with E-state index in [1.165, 1.54) is 6.07 Å². The number of sulfonamides is 1. The van der Waals surface area contributed by atoms with Gasteiger partial charge in [0.05, 0.1) is 12.3 Å². The molecule has 2 aromatic carbocycles. The molecule has 2 aromatic rings. The number of hydrogen-bond donors (Lipinski definition) is 1. The third-order valence-electron chi connectivity index (χ3n) is 2.56. The van der Waals surface area contributed by atoms with Gasteiger partial charge in [0, 0.05) is 4.47 Å². The fourth-order valence-electron chi connectivity index (χ4n) is 1.69. The van der Waals surface area contributed by atoms with Gasteiger partial charge in [-0.05, 0) is 47.1 Å². The van der Waals surface area contributed by atoms with Crippen LogP contribution in [0.5, 0.6) is 5.75 Å². The Morgan fingerprint density at radius 2 is 1.75 bits per heavy atom. The SMILES string of the molecule is CCOc1ccccc1NS(=O)(=O)c1ccccc1Br. The second-order valence-corrected chi connectivity index (χ2v) is 6.47. The zero-order valence-corrected chi connectivity index (χ0v) is 13.2. The minimum atomic E-state index is -3.66. The van der Waals surface area contributed by atoms with Gasteiger partial charge in [-0.15, -0.1) is 0 Å². The molecule has 0 heterocycles. The highest BCUT2D eigenvalue weighted by Gasteiger charge is 2.18. The minimum Gasteiger partial charge on any atom is -0.492 e. The predicted octanol–water partition coefficient (Wildman–Crippen LogP) is 3.65. The monoisotopic (exact) mass is 355 g/mol. The molecule has 106 valence electrons. The highest BCUT2D eigenvalue weighted by Crippen LogP contribution is 2.28. The Morgan fingerprint density at radius 3 is 2.45 bits per heavy atom. The first-order valence-electron chi connectivity index (χ1n) is 6.04. The Morgan fingerprint density at radius 1 is 1.10 bits per heavy atom. The van der Waals surface area contributed by atoms with Crippen molar-refractivity contribution in [1.82, 2.24) is 0 Å². The Hall–Kier alpha value is -1.53. The van der Waals surface area contributed by atoms with Gasteiger partial charge in [-0.1, -0.05) is 24.3 Å². The third kappa shape index (κ3) is 3.32.